The molecule has 0 aliphatic carbocycles. The first-order valence-corrected chi connectivity index (χ1v) is 6.91. The van der Waals surface area contributed by atoms with Crippen molar-refractivity contribution in [3.8, 4) is 0 Å². The Bertz CT molecular complexity index is 436. The number of aliphatic hydroxyl groups is 1. The van der Waals surface area contributed by atoms with Crippen LogP contribution in [0.4, 0.5) is 0 Å². The van der Waals surface area contributed by atoms with E-state index in [1.807, 2.05) is 24.3 Å². The Labute approximate surface area is 111 Å². The Kier molecular flexibility index (Phi) is 4.60. The summed E-state index contributed by atoms with van der Waals surface area (Å²) in [6.45, 7) is 0.223. The van der Waals surface area contributed by atoms with E-state index >= 15 is 0 Å². The maximum Gasteiger partial charge on any atom is 0.0465 e. The molecule has 1 atom stereocenters. The molecule has 1 aromatic carbocycles. The molecule has 0 saturated carbocycles. The third-order valence-electron chi connectivity index (χ3n) is 2.77. The van der Waals surface area contributed by atoms with Crippen LogP contribution in [0.1, 0.15) is 10.4 Å². The lowest BCUT2D eigenvalue weighted by Crippen LogP contribution is -2.12. The SMILES string of the molecule is OCC(Cc1ccc(Cl)cc1)Cc1cccs1. The second-order valence-electron chi connectivity index (χ2n) is 4.16. The van der Waals surface area contributed by atoms with Gasteiger partial charge < -0.3 is 5.11 Å². The quantitative estimate of drug-likeness (QED) is 0.873. The predicted octanol–water partition coefficient (Wildman–Crippen LogP) is 3.80. The molecule has 1 nitrogen and oxygen atoms in total. The van der Waals surface area contributed by atoms with Crippen molar-refractivity contribution in [3.05, 3.63) is 57.2 Å². The molecule has 0 aliphatic heterocycles. The number of aliphatic hydroxyl groups excluding tert-OH is 1. The number of hydrogen-bond acceptors (Lipinski definition) is 2. The summed E-state index contributed by atoms with van der Waals surface area (Å²) in [4.78, 5) is 1.33. The van der Waals surface area contributed by atoms with Crippen LogP contribution in [0.5, 0.6) is 0 Å². The van der Waals surface area contributed by atoms with Crippen molar-refractivity contribution in [2.75, 3.05) is 6.61 Å². The molecule has 90 valence electrons. The van der Waals surface area contributed by atoms with E-state index in [1.54, 1.807) is 11.3 Å². The van der Waals surface area contributed by atoms with Gasteiger partial charge in [0.05, 0.1) is 0 Å². The number of thiophene rings is 1. The lowest BCUT2D eigenvalue weighted by molar-refractivity contribution is 0.225. The summed E-state index contributed by atoms with van der Waals surface area (Å²) in [7, 11) is 0. The van der Waals surface area contributed by atoms with Crippen LogP contribution in [0.2, 0.25) is 5.02 Å². The highest BCUT2D eigenvalue weighted by atomic mass is 35.5. The van der Waals surface area contributed by atoms with Gasteiger partial charge in [-0.1, -0.05) is 29.8 Å². The Morgan fingerprint density at radius 3 is 2.47 bits per heavy atom. The molecule has 0 spiro atoms. The van der Waals surface area contributed by atoms with E-state index in [0.29, 0.717) is 0 Å². The van der Waals surface area contributed by atoms with Crippen LogP contribution in [0.25, 0.3) is 0 Å². The summed E-state index contributed by atoms with van der Waals surface area (Å²) < 4.78 is 0. The van der Waals surface area contributed by atoms with E-state index < -0.39 is 0 Å². The Morgan fingerprint density at radius 2 is 1.88 bits per heavy atom. The summed E-state index contributed by atoms with van der Waals surface area (Å²) in [6, 6.07) is 12.0. The third kappa shape index (κ3) is 3.84. The molecule has 0 radical (unpaired) electrons. The molecule has 3 heteroatoms. The molecule has 1 aromatic heterocycles. The average Bonchev–Trinajstić information content (AvgIpc) is 2.84. The predicted molar refractivity (Wildman–Crippen MR) is 73.8 cm³/mol. The lowest BCUT2D eigenvalue weighted by Gasteiger charge is -2.13. The second-order valence-corrected chi connectivity index (χ2v) is 5.63. The fourth-order valence-corrected chi connectivity index (χ4v) is 2.82. The van der Waals surface area contributed by atoms with Crippen molar-refractivity contribution in [2.45, 2.75) is 12.8 Å². The Hall–Kier alpha value is -0.830. The zero-order valence-electron chi connectivity index (χ0n) is 9.47. The van der Waals surface area contributed by atoms with Crippen molar-refractivity contribution in [1.29, 1.82) is 0 Å². The second kappa shape index (κ2) is 6.20. The first-order chi connectivity index (χ1) is 8.28. The normalized spacial score (nSPS) is 12.6. The number of rotatable bonds is 5. The maximum atomic E-state index is 9.42. The van der Waals surface area contributed by atoms with Gasteiger partial charge in [-0.05, 0) is 47.9 Å². The molecule has 2 rings (SSSR count). The molecule has 0 aliphatic rings. The molecule has 0 fully saturated rings. The fraction of sp³-hybridized carbons (Fsp3) is 0.286. The minimum Gasteiger partial charge on any atom is -0.396 e. The van der Waals surface area contributed by atoms with Gasteiger partial charge in [-0.15, -0.1) is 11.3 Å². The minimum absolute atomic E-state index is 0.223. The van der Waals surface area contributed by atoms with E-state index in [4.69, 9.17) is 11.6 Å². The molecule has 17 heavy (non-hydrogen) atoms. The molecule has 1 unspecified atom stereocenters. The van der Waals surface area contributed by atoms with Crippen LogP contribution in [-0.4, -0.2) is 11.7 Å². The lowest BCUT2D eigenvalue weighted by atomic mass is 9.96. The molecule has 1 N–H and O–H groups in total. The molecular weight excluding hydrogens is 252 g/mol. The van der Waals surface area contributed by atoms with Crippen molar-refractivity contribution < 1.29 is 5.11 Å². The zero-order chi connectivity index (χ0) is 12.1. The Morgan fingerprint density at radius 1 is 1.12 bits per heavy atom. The van der Waals surface area contributed by atoms with Crippen molar-refractivity contribution >= 4 is 22.9 Å². The number of halogens is 1. The van der Waals surface area contributed by atoms with Crippen molar-refractivity contribution in [2.24, 2.45) is 5.92 Å². The molecular formula is C14H15ClOS. The van der Waals surface area contributed by atoms with E-state index in [9.17, 15) is 5.11 Å². The van der Waals surface area contributed by atoms with Gasteiger partial charge in [-0.3, -0.25) is 0 Å². The van der Waals surface area contributed by atoms with Gasteiger partial charge in [-0.2, -0.15) is 0 Å². The first kappa shape index (κ1) is 12.6. The minimum atomic E-state index is 0.223. The van der Waals surface area contributed by atoms with Crippen LogP contribution in [0.3, 0.4) is 0 Å². The largest absolute Gasteiger partial charge is 0.396 e. The summed E-state index contributed by atoms with van der Waals surface area (Å²) in [6.07, 6.45) is 1.84. The van der Waals surface area contributed by atoms with Gasteiger partial charge in [0.1, 0.15) is 0 Å². The number of benzene rings is 1. The zero-order valence-corrected chi connectivity index (χ0v) is 11.0. The number of hydrogen-bond donors (Lipinski definition) is 1. The standard InChI is InChI=1S/C14H15ClOS/c15-13-5-3-11(4-6-13)8-12(10-16)9-14-2-1-7-17-14/h1-7,12,16H,8-10H2. The first-order valence-electron chi connectivity index (χ1n) is 5.65. The van der Waals surface area contributed by atoms with Crippen LogP contribution >= 0.6 is 22.9 Å². The van der Waals surface area contributed by atoms with Crippen LogP contribution in [0.15, 0.2) is 41.8 Å². The monoisotopic (exact) mass is 266 g/mol. The highest BCUT2D eigenvalue weighted by molar-refractivity contribution is 7.09. The van der Waals surface area contributed by atoms with Crippen molar-refractivity contribution in [1.82, 2.24) is 0 Å². The van der Waals surface area contributed by atoms with Gasteiger partial charge in [0.25, 0.3) is 0 Å². The van der Waals surface area contributed by atoms with E-state index in [0.717, 1.165) is 17.9 Å². The maximum absolute atomic E-state index is 9.42. The smallest absolute Gasteiger partial charge is 0.0465 e. The van der Waals surface area contributed by atoms with Gasteiger partial charge in [-0.25, -0.2) is 0 Å². The highest BCUT2D eigenvalue weighted by Gasteiger charge is 2.10. The highest BCUT2D eigenvalue weighted by Crippen LogP contribution is 2.19. The molecule has 1 heterocycles. The molecule has 2 aromatic rings. The molecule has 0 bridgehead atoms. The van der Waals surface area contributed by atoms with Gasteiger partial charge >= 0.3 is 0 Å². The van der Waals surface area contributed by atoms with Gasteiger partial charge in [0.2, 0.25) is 0 Å². The van der Waals surface area contributed by atoms with Crippen LogP contribution in [0, 0.1) is 5.92 Å². The molecule has 0 amide bonds. The fourth-order valence-electron chi connectivity index (χ4n) is 1.87. The topological polar surface area (TPSA) is 20.2 Å². The van der Waals surface area contributed by atoms with Gasteiger partial charge in [0.15, 0.2) is 0 Å². The summed E-state index contributed by atoms with van der Waals surface area (Å²) in [5.41, 5.74) is 1.23. The van der Waals surface area contributed by atoms with E-state index in [-0.39, 0.29) is 12.5 Å². The van der Waals surface area contributed by atoms with Crippen molar-refractivity contribution in [3.63, 3.8) is 0 Å². The van der Waals surface area contributed by atoms with Gasteiger partial charge in [0, 0.05) is 16.5 Å². The summed E-state index contributed by atoms with van der Waals surface area (Å²) in [5, 5.41) is 12.3. The molecule has 0 saturated heterocycles. The van der Waals surface area contributed by atoms with Crippen LogP contribution in [-0.2, 0) is 12.8 Å². The van der Waals surface area contributed by atoms with Crippen LogP contribution < -0.4 is 0 Å². The van der Waals surface area contributed by atoms with E-state index in [2.05, 4.69) is 17.5 Å². The Balaban J connectivity index is 1.97. The third-order valence-corrected chi connectivity index (χ3v) is 3.92. The van der Waals surface area contributed by atoms with E-state index in [1.165, 1.54) is 10.4 Å². The summed E-state index contributed by atoms with van der Waals surface area (Å²) in [5.74, 6) is 0.287. The summed E-state index contributed by atoms with van der Waals surface area (Å²) >= 11 is 7.60. The average molecular weight is 267 g/mol.